The zero-order valence-electron chi connectivity index (χ0n) is 25.2. The molecule has 4 aromatic rings. The molecule has 3 atom stereocenters. The minimum Gasteiger partial charge on any atom is -0.493 e. The molecule has 0 radical (unpaired) electrons. The minimum absolute atomic E-state index is 0.0879. The van der Waals surface area contributed by atoms with E-state index in [0.717, 1.165) is 18.3 Å². The largest absolute Gasteiger partial charge is 0.493 e. The van der Waals surface area contributed by atoms with Gasteiger partial charge in [0.1, 0.15) is 46.6 Å². The van der Waals surface area contributed by atoms with E-state index in [1.807, 2.05) is 6.92 Å². The van der Waals surface area contributed by atoms with Crippen molar-refractivity contribution in [1.82, 2.24) is 24.3 Å². The zero-order valence-corrected chi connectivity index (χ0v) is 25.2. The monoisotopic (exact) mass is 639 g/mol. The number of benzene rings is 1. The van der Waals surface area contributed by atoms with E-state index < -0.39 is 35.8 Å². The molecule has 2 amide bonds. The van der Waals surface area contributed by atoms with Gasteiger partial charge in [-0.1, -0.05) is 6.58 Å². The fraction of sp³-hybridized carbons (Fsp3) is 0.323. The normalized spacial score (nSPS) is 17.5. The van der Waals surface area contributed by atoms with Gasteiger partial charge in [-0.15, -0.1) is 0 Å². The molecule has 3 aromatic heterocycles. The number of hydrogen-bond acceptors (Lipinski definition) is 9. The molecular formula is C31H32F3N7O5. The van der Waals surface area contributed by atoms with Crippen LogP contribution in [0.25, 0.3) is 22.9 Å². The van der Waals surface area contributed by atoms with Crippen LogP contribution >= 0.6 is 0 Å². The van der Waals surface area contributed by atoms with Gasteiger partial charge in [0.15, 0.2) is 0 Å². The Morgan fingerprint density at radius 1 is 1.28 bits per heavy atom. The second kappa shape index (κ2) is 12.8. The Hall–Kier alpha value is -5.02. The molecule has 15 heteroatoms. The molecule has 5 rings (SSSR count). The zero-order chi connectivity index (χ0) is 33.3. The Bertz CT molecular complexity index is 1810. The number of carbonyl (C=O) groups excluding carboxylic acids is 2. The lowest BCUT2D eigenvalue weighted by molar-refractivity contribution is -0.152. The summed E-state index contributed by atoms with van der Waals surface area (Å²) in [6, 6.07) is 5.75. The first-order valence-electron chi connectivity index (χ1n) is 14.3. The number of anilines is 2. The number of fused-ring (bicyclic) bond motifs is 1. The first-order valence-corrected chi connectivity index (χ1v) is 14.3. The molecule has 1 aromatic carbocycles. The van der Waals surface area contributed by atoms with Crippen LogP contribution < -0.4 is 15.8 Å². The number of aliphatic hydroxyl groups excluding tert-OH is 1. The third kappa shape index (κ3) is 6.23. The summed E-state index contributed by atoms with van der Waals surface area (Å²) in [5.41, 5.74) is 7.24. The minimum atomic E-state index is -4.60. The third-order valence-corrected chi connectivity index (χ3v) is 7.44. The number of amides is 2. The van der Waals surface area contributed by atoms with Gasteiger partial charge in [-0.25, -0.2) is 15.0 Å². The van der Waals surface area contributed by atoms with Crippen LogP contribution in [0.15, 0.2) is 49.3 Å². The highest BCUT2D eigenvalue weighted by Crippen LogP contribution is 2.39. The number of nitrogens with one attached hydrogen (secondary N) is 1. The molecule has 0 spiro atoms. The Labute approximate surface area is 261 Å². The van der Waals surface area contributed by atoms with E-state index >= 15 is 0 Å². The first-order chi connectivity index (χ1) is 21.8. The standard InChI is InChI=1S/C31H32F3N7O5/c1-5-20-13-37-27(35)26-25(39-28(41(20)26)23-14-40(16(3)15-46-23)30(44)17(4)42)21-8-7-18(11-22(21)45-6-2)29(43)38-24-12-19(9-10-36-24)31(32,33)34/h5,7-13,16-17,23,42H,1,6,14-15H2,2-4H3,(H2,35,37)(H,36,38,43)/t16-,17?,23+/m0/s1. The van der Waals surface area contributed by atoms with E-state index in [1.54, 1.807) is 23.5 Å². The van der Waals surface area contributed by atoms with Crippen LogP contribution in [0, 0.1) is 0 Å². The average molecular weight is 640 g/mol. The van der Waals surface area contributed by atoms with Gasteiger partial charge < -0.3 is 30.5 Å². The Balaban J connectivity index is 1.58. The smallest absolute Gasteiger partial charge is 0.416 e. The Kier molecular flexibility index (Phi) is 8.99. The Morgan fingerprint density at radius 2 is 2.04 bits per heavy atom. The second-order valence-electron chi connectivity index (χ2n) is 10.6. The molecule has 4 N–H and O–H groups in total. The maximum atomic E-state index is 13.2. The number of alkyl halides is 3. The Morgan fingerprint density at radius 3 is 2.72 bits per heavy atom. The topological polar surface area (TPSA) is 157 Å². The van der Waals surface area contributed by atoms with Crippen LogP contribution in [0.4, 0.5) is 24.8 Å². The number of ether oxygens (including phenoxy) is 2. The molecule has 0 aliphatic carbocycles. The van der Waals surface area contributed by atoms with Crippen molar-refractivity contribution in [2.75, 3.05) is 30.8 Å². The first kappa shape index (κ1) is 32.4. The summed E-state index contributed by atoms with van der Waals surface area (Å²) in [4.78, 5) is 40.4. The van der Waals surface area contributed by atoms with Gasteiger partial charge in [0.05, 0.1) is 43.3 Å². The number of nitrogen functional groups attached to an aromatic ring is 1. The number of carbonyl (C=O) groups is 2. The number of rotatable bonds is 8. The van der Waals surface area contributed by atoms with Gasteiger partial charge in [-0.05, 0) is 57.2 Å². The number of nitrogens with zero attached hydrogens (tertiary/aromatic N) is 5. The molecule has 242 valence electrons. The van der Waals surface area contributed by atoms with Crippen molar-refractivity contribution in [1.29, 1.82) is 0 Å². The van der Waals surface area contributed by atoms with E-state index in [9.17, 15) is 27.9 Å². The molecule has 1 aliphatic heterocycles. The fourth-order valence-corrected chi connectivity index (χ4v) is 5.20. The molecule has 46 heavy (non-hydrogen) atoms. The lowest BCUT2D eigenvalue weighted by atomic mass is 10.1. The van der Waals surface area contributed by atoms with Gasteiger partial charge in [0.2, 0.25) is 0 Å². The predicted molar refractivity (Wildman–Crippen MR) is 163 cm³/mol. The van der Waals surface area contributed by atoms with Crippen LogP contribution in [-0.4, -0.2) is 73.1 Å². The molecule has 1 fully saturated rings. The highest BCUT2D eigenvalue weighted by atomic mass is 19.4. The summed E-state index contributed by atoms with van der Waals surface area (Å²) in [5, 5.41) is 12.4. The van der Waals surface area contributed by atoms with E-state index in [4.69, 9.17) is 20.2 Å². The van der Waals surface area contributed by atoms with Crippen LogP contribution in [-0.2, 0) is 15.7 Å². The number of aromatic nitrogens is 4. The van der Waals surface area contributed by atoms with Crippen LogP contribution in [0.3, 0.4) is 0 Å². The SMILES string of the molecule is C=Cc1cnc(N)c2c(-c3ccc(C(=O)Nc4cc(C(F)(F)F)ccn4)cc3OCC)nc([C@H]3CN(C(=O)C(C)O)[C@@H](C)CO3)n12. The lowest BCUT2D eigenvalue weighted by Gasteiger charge is -2.38. The number of pyridine rings is 1. The van der Waals surface area contributed by atoms with Gasteiger partial charge in [0, 0.05) is 17.3 Å². The van der Waals surface area contributed by atoms with Crippen molar-refractivity contribution < 1.29 is 37.3 Å². The molecule has 0 saturated carbocycles. The summed E-state index contributed by atoms with van der Waals surface area (Å²) >= 11 is 0. The number of imidazole rings is 1. The summed E-state index contributed by atoms with van der Waals surface area (Å²) in [7, 11) is 0. The van der Waals surface area contributed by atoms with Crippen molar-refractivity contribution >= 4 is 35.0 Å². The van der Waals surface area contributed by atoms with Crippen molar-refractivity contribution in [3.05, 3.63) is 71.9 Å². The average Bonchev–Trinajstić information content (AvgIpc) is 3.42. The lowest BCUT2D eigenvalue weighted by Crippen LogP contribution is -2.51. The van der Waals surface area contributed by atoms with Crippen molar-refractivity contribution in [3.8, 4) is 17.0 Å². The summed E-state index contributed by atoms with van der Waals surface area (Å²) in [6.07, 6.45) is -2.48. The number of aliphatic hydroxyl groups is 1. The maximum absolute atomic E-state index is 13.2. The second-order valence-corrected chi connectivity index (χ2v) is 10.6. The van der Waals surface area contributed by atoms with Gasteiger partial charge in [0.25, 0.3) is 11.8 Å². The van der Waals surface area contributed by atoms with Crippen LogP contribution in [0.5, 0.6) is 5.75 Å². The van der Waals surface area contributed by atoms with Crippen molar-refractivity contribution in [3.63, 3.8) is 0 Å². The van der Waals surface area contributed by atoms with Gasteiger partial charge in [-0.2, -0.15) is 13.2 Å². The molecule has 1 saturated heterocycles. The van der Waals surface area contributed by atoms with E-state index in [1.165, 1.54) is 30.2 Å². The number of morpholine rings is 1. The quantitative estimate of drug-likeness (QED) is 0.255. The molecule has 1 aliphatic rings. The van der Waals surface area contributed by atoms with Crippen molar-refractivity contribution in [2.45, 2.75) is 45.2 Å². The number of hydrogen-bond donors (Lipinski definition) is 3. The van der Waals surface area contributed by atoms with Crippen molar-refractivity contribution in [2.24, 2.45) is 0 Å². The maximum Gasteiger partial charge on any atom is 0.416 e. The van der Waals surface area contributed by atoms with Gasteiger partial charge >= 0.3 is 6.18 Å². The summed E-state index contributed by atoms with van der Waals surface area (Å²) in [5.74, 6) is -0.666. The van der Waals surface area contributed by atoms with Crippen LogP contribution in [0.1, 0.15) is 54.3 Å². The van der Waals surface area contributed by atoms with E-state index in [2.05, 4.69) is 21.9 Å². The van der Waals surface area contributed by atoms with E-state index in [-0.39, 0.29) is 48.7 Å². The third-order valence-electron chi connectivity index (χ3n) is 7.44. The summed E-state index contributed by atoms with van der Waals surface area (Å²) in [6.45, 7) is 9.34. The molecular weight excluding hydrogens is 607 g/mol. The van der Waals surface area contributed by atoms with Crippen LogP contribution in [0.2, 0.25) is 0 Å². The highest BCUT2D eigenvalue weighted by Gasteiger charge is 2.36. The predicted octanol–water partition coefficient (Wildman–Crippen LogP) is 4.36. The highest BCUT2D eigenvalue weighted by molar-refractivity contribution is 6.05. The number of halogens is 3. The fourth-order valence-electron chi connectivity index (χ4n) is 5.20. The number of nitrogens with two attached hydrogens (primary N) is 1. The molecule has 1 unspecified atom stereocenters. The molecule has 12 nitrogen and oxygen atoms in total. The van der Waals surface area contributed by atoms with E-state index in [0.29, 0.717) is 28.3 Å². The molecule has 4 heterocycles. The summed E-state index contributed by atoms with van der Waals surface area (Å²) < 4.78 is 53.3. The molecule has 0 bridgehead atoms. The van der Waals surface area contributed by atoms with Gasteiger partial charge in [-0.3, -0.25) is 14.0 Å².